The van der Waals surface area contributed by atoms with Crippen molar-refractivity contribution >= 4 is 50.2 Å². The van der Waals surface area contributed by atoms with Gasteiger partial charge in [0.25, 0.3) is 0 Å². The third-order valence-electron chi connectivity index (χ3n) is 3.53. The SMILES string of the molecule is NC(=O)N[C@H](CC(=O)Nc1nc2ccccc2s1)c1ccccc1Cl. The number of carbonyl (C=O) groups is 2. The number of benzene rings is 2. The maximum absolute atomic E-state index is 12.4. The first-order chi connectivity index (χ1) is 12.0. The van der Waals surface area contributed by atoms with Crippen molar-refractivity contribution in [1.29, 1.82) is 0 Å². The Morgan fingerprint density at radius 2 is 1.88 bits per heavy atom. The standard InChI is InChI=1S/C17H15ClN4O2S/c18-11-6-2-1-5-10(11)13(20-16(19)24)9-15(23)22-17-21-12-7-3-4-8-14(12)25-17/h1-8,13H,9H2,(H3,19,20,24)(H,21,22,23)/t13-/m1/s1. The lowest BCUT2D eigenvalue weighted by Gasteiger charge is -2.18. The Balaban J connectivity index is 1.75. The highest BCUT2D eigenvalue weighted by Crippen LogP contribution is 2.28. The fraction of sp³-hybridized carbons (Fsp3) is 0.118. The molecule has 8 heteroatoms. The minimum atomic E-state index is -0.724. The highest BCUT2D eigenvalue weighted by atomic mass is 35.5. The number of thiazole rings is 1. The van der Waals surface area contributed by atoms with Gasteiger partial charge in [0.15, 0.2) is 5.13 Å². The number of amides is 3. The molecule has 25 heavy (non-hydrogen) atoms. The van der Waals surface area contributed by atoms with Crippen LogP contribution in [-0.4, -0.2) is 16.9 Å². The number of urea groups is 1. The van der Waals surface area contributed by atoms with Crippen LogP contribution < -0.4 is 16.4 Å². The highest BCUT2D eigenvalue weighted by Gasteiger charge is 2.20. The Labute approximate surface area is 153 Å². The largest absolute Gasteiger partial charge is 0.352 e. The van der Waals surface area contributed by atoms with E-state index in [0.717, 1.165) is 10.2 Å². The van der Waals surface area contributed by atoms with Gasteiger partial charge in [-0.25, -0.2) is 9.78 Å². The lowest BCUT2D eigenvalue weighted by atomic mass is 10.0. The average molecular weight is 375 g/mol. The molecule has 0 fully saturated rings. The zero-order chi connectivity index (χ0) is 17.8. The van der Waals surface area contributed by atoms with Crippen molar-refractivity contribution in [2.75, 3.05) is 5.32 Å². The van der Waals surface area contributed by atoms with Crippen molar-refractivity contribution in [3.05, 3.63) is 59.1 Å². The molecule has 0 aliphatic rings. The summed E-state index contributed by atoms with van der Waals surface area (Å²) in [5, 5.41) is 6.27. The van der Waals surface area contributed by atoms with E-state index in [1.54, 1.807) is 24.3 Å². The molecule has 0 unspecified atom stereocenters. The van der Waals surface area contributed by atoms with Gasteiger partial charge in [0, 0.05) is 5.02 Å². The molecule has 0 saturated carbocycles. The summed E-state index contributed by atoms with van der Waals surface area (Å²) >= 11 is 7.55. The van der Waals surface area contributed by atoms with Gasteiger partial charge < -0.3 is 16.4 Å². The Morgan fingerprint density at radius 1 is 1.16 bits per heavy atom. The van der Waals surface area contributed by atoms with E-state index in [9.17, 15) is 9.59 Å². The van der Waals surface area contributed by atoms with Gasteiger partial charge in [0.05, 0.1) is 22.7 Å². The summed E-state index contributed by atoms with van der Waals surface area (Å²) in [7, 11) is 0. The number of primary amides is 1. The van der Waals surface area contributed by atoms with Gasteiger partial charge >= 0.3 is 6.03 Å². The van der Waals surface area contributed by atoms with Crippen LogP contribution >= 0.6 is 22.9 Å². The molecule has 3 aromatic rings. The van der Waals surface area contributed by atoms with Gasteiger partial charge in [0.1, 0.15) is 0 Å². The second kappa shape index (κ2) is 7.50. The molecule has 1 atom stereocenters. The van der Waals surface area contributed by atoms with E-state index in [0.29, 0.717) is 15.7 Å². The monoisotopic (exact) mass is 374 g/mol. The molecular weight excluding hydrogens is 360 g/mol. The van der Waals surface area contributed by atoms with Crippen molar-refractivity contribution in [2.45, 2.75) is 12.5 Å². The van der Waals surface area contributed by atoms with E-state index in [1.165, 1.54) is 11.3 Å². The predicted octanol–water partition coefficient (Wildman–Crippen LogP) is 3.69. The van der Waals surface area contributed by atoms with Crippen LogP contribution in [0.5, 0.6) is 0 Å². The number of fused-ring (bicyclic) bond motifs is 1. The van der Waals surface area contributed by atoms with E-state index in [1.807, 2.05) is 24.3 Å². The fourth-order valence-electron chi connectivity index (χ4n) is 2.45. The smallest absolute Gasteiger partial charge is 0.312 e. The van der Waals surface area contributed by atoms with Crippen LogP contribution in [0.2, 0.25) is 5.02 Å². The Kier molecular flexibility index (Phi) is 5.16. The molecule has 6 nitrogen and oxygen atoms in total. The van der Waals surface area contributed by atoms with E-state index >= 15 is 0 Å². The van der Waals surface area contributed by atoms with Crippen molar-refractivity contribution in [3.8, 4) is 0 Å². The number of nitrogens with two attached hydrogens (primary N) is 1. The molecule has 0 bridgehead atoms. The van der Waals surface area contributed by atoms with Gasteiger partial charge in [-0.2, -0.15) is 0 Å². The molecule has 4 N–H and O–H groups in total. The lowest BCUT2D eigenvalue weighted by Crippen LogP contribution is -2.35. The van der Waals surface area contributed by atoms with Gasteiger partial charge in [-0.3, -0.25) is 4.79 Å². The van der Waals surface area contributed by atoms with Crippen LogP contribution in [0, 0.1) is 0 Å². The normalized spacial score (nSPS) is 11.9. The molecule has 0 saturated heterocycles. The maximum Gasteiger partial charge on any atom is 0.312 e. The molecule has 128 valence electrons. The number of anilines is 1. The molecule has 2 aromatic carbocycles. The summed E-state index contributed by atoms with van der Waals surface area (Å²) in [5.41, 5.74) is 6.67. The summed E-state index contributed by atoms with van der Waals surface area (Å²) < 4.78 is 0.982. The second-order valence-electron chi connectivity index (χ2n) is 5.32. The first-order valence-electron chi connectivity index (χ1n) is 7.49. The van der Waals surface area contributed by atoms with Crippen LogP contribution in [0.4, 0.5) is 9.93 Å². The summed E-state index contributed by atoms with van der Waals surface area (Å²) in [6.45, 7) is 0. The maximum atomic E-state index is 12.4. The number of nitrogens with one attached hydrogen (secondary N) is 2. The molecule has 3 rings (SSSR count). The van der Waals surface area contributed by atoms with Gasteiger partial charge in [0.2, 0.25) is 5.91 Å². The number of para-hydroxylation sites is 1. The molecule has 0 spiro atoms. The first kappa shape index (κ1) is 17.2. The van der Waals surface area contributed by atoms with Gasteiger partial charge in [-0.15, -0.1) is 0 Å². The van der Waals surface area contributed by atoms with Crippen LogP contribution in [-0.2, 0) is 4.79 Å². The Bertz CT molecular complexity index is 895. The van der Waals surface area contributed by atoms with E-state index in [-0.39, 0.29) is 12.3 Å². The minimum absolute atomic E-state index is 0.0113. The summed E-state index contributed by atoms with van der Waals surface area (Å²) in [6.07, 6.45) is -0.0113. The molecule has 0 aliphatic carbocycles. The number of aromatic nitrogens is 1. The molecule has 0 aliphatic heterocycles. The van der Waals surface area contributed by atoms with Crippen LogP contribution in [0.25, 0.3) is 10.2 Å². The summed E-state index contributed by atoms with van der Waals surface area (Å²) in [6, 6.07) is 13.3. The molecule has 3 amide bonds. The Morgan fingerprint density at radius 3 is 2.60 bits per heavy atom. The number of nitrogens with zero attached hydrogens (tertiary/aromatic N) is 1. The third-order valence-corrected chi connectivity index (χ3v) is 4.82. The van der Waals surface area contributed by atoms with Crippen LogP contribution in [0.3, 0.4) is 0 Å². The summed E-state index contributed by atoms with van der Waals surface area (Å²) in [4.78, 5) is 28.0. The van der Waals surface area contributed by atoms with Crippen LogP contribution in [0.1, 0.15) is 18.0 Å². The zero-order valence-electron chi connectivity index (χ0n) is 13.0. The third kappa shape index (κ3) is 4.26. The zero-order valence-corrected chi connectivity index (χ0v) is 14.6. The van der Waals surface area contributed by atoms with Gasteiger partial charge in [-0.1, -0.05) is 53.3 Å². The van der Waals surface area contributed by atoms with Crippen molar-refractivity contribution in [1.82, 2.24) is 10.3 Å². The number of rotatable bonds is 5. The van der Waals surface area contributed by atoms with E-state index < -0.39 is 12.1 Å². The number of hydrogen-bond donors (Lipinski definition) is 3. The van der Waals surface area contributed by atoms with Crippen molar-refractivity contribution < 1.29 is 9.59 Å². The number of halogens is 1. The Hall–Kier alpha value is -2.64. The highest BCUT2D eigenvalue weighted by molar-refractivity contribution is 7.22. The second-order valence-corrected chi connectivity index (χ2v) is 6.76. The van der Waals surface area contributed by atoms with Crippen LogP contribution in [0.15, 0.2) is 48.5 Å². The fourth-order valence-corrected chi connectivity index (χ4v) is 3.60. The molecule has 1 heterocycles. The minimum Gasteiger partial charge on any atom is -0.352 e. The molecular formula is C17H15ClN4O2S. The number of hydrogen-bond acceptors (Lipinski definition) is 4. The number of carbonyl (C=O) groups excluding carboxylic acids is 2. The molecule has 0 radical (unpaired) electrons. The quantitative estimate of drug-likeness (QED) is 0.635. The van der Waals surface area contributed by atoms with Crippen molar-refractivity contribution in [2.24, 2.45) is 5.73 Å². The average Bonchev–Trinajstić information content (AvgIpc) is 2.96. The predicted molar refractivity (Wildman–Crippen MR) is 99.8 cm³/mol. The summed E-state index contributed by atoms with van der Waals surface area (Å²) in [5.74, 6) is -0.294. The van der Waals surface area contributed by atoms with E-state index in [4.69, 9.17) is 17.3 Å². The van der Waals surface area contributed by atoms with Crippen molar-refractivity contribution in [3.63, 3.8) is 0 Å². The lowest BCUT2D eigenvalue weighted by molar-refractivity contribution is -0.116. The molecule has 1 aromatic heterocycles. The van der Waals surface area contributed by atoms with E-state index in [2.05, 4.69) is 15.6 Å². The first-order valence-corrected chi connectivity index (χ1v) is 8.68. The van der Waals surface area contributed by atoms with Gasteiger partial charge in [-0.05, 0) is 23.8 Å². The topological polar surface area (TPSA) is 97.1 Å².